The Balaban J connectivity index is 1.84. The first-order valence-electron chi connectivity index (χ1n) is 8.89. The number of anilines is 1. The lowest BCUT2D eigenvalue weighted by atomic mass is 10.1. The van der Waals surface area contributed by atoms with Crippen LogP contribution in [-0.4, -0.2) is 20.1 Å². The van der Waals surface area contributed by atoms with Gasteiger partial charge in [0.2, 0.25) is 5.75 Å². The van der Waals surface area contributed by atoms with E-state index in [0.717, 1.165) is 5.56 Å². The number of nitrogens with one attached hydrogen (secondary N) is 1. The van der Waals surface area contributed by atoms with Gasteiger partial charge in [0.15, 0.2) is 11.5 Å². The molecule has 1 N–H and O–H groups in total. The Hall–Kier alpha value is -3.98. The van der Waals surface area contributed by atoms with Crippen LogP contribution >= 0.6 is 0 Å². The van der Waals surface area contributed by atoms with E-state index in [-0.39, 0.29) is 5.91 Å². The van der Waals surface area contributed by atoms with Crippen molar-refractivity contribution in [3.8, 4) is 23.3 Å². The molecule has 0 radical (unpaired) electrons. The van der Waals surface area contributed by atoms with Crippen molar-refractivity contribution in [3.63, 3.8) is 0 Å². The first-order chi connectivity index (χ1) is 14.1. The largest absolute Gasteiger partial charge is 0.493 e. The average molecular weight is 388 g/mol. The smallest absolute Gasteiger partial charge is 0.255 e. The number of hydrogen-bond donors (Lipinski definition) is 1. The van der Waals surface area contributed by atoms with Gasteiger partial charge in [0.05, 0.1) is 25.9 Å². The van der Waals surface area contributed by atoms with Gasteiger partial charge < -0.3 is 19.5 Å². The van der Waals surface area contributed by atoms with Crippen molar-refractivity contribution in [1.29, 1.82) is 5.26 Å². The van der Waals surface area contributed by atoms with E-state index in [2.05, 4.69) is 5.32 Å². The number of amides is 1. The summed E-state index contributed by atoms with van der Waals surface area (Å²) in [5.41, 5.74) is 2.32. The number of ether oxygens (including phenoxy) is 3. The number of carbonyl (C=O) groups is 1. The van der Waals surface area contributed by atoms with Gasteiger partial charge in [0.25, 0.3) is 5.91 Å². The van der Waals surface area contributed by atoms with Crippen molar-refractivity contribution >= 4 is 11.6 Å². The molecule has 0 saturated carbocycles. The Labute approximate surface area is 169 Å². The molecule has 0 saturated heterocycles. The van der Waals surface area contributed by atoms with Crippen molar-refractivity contribution < 1.29 is 19.0 Å². The Morgan fingerprint density at radius 2 is 1.66 bits per heavy atom. The summed E-state index contributed by atoms with van der Waals surface area (Å²) in [5.74, 6) is 0.834. The van der Waals surface area contributed by atoms with E-state index in [1.807, 2.05) is 36.4 Å². The zero-order valence-corrected chi connectivity index (χ0v) is 16.1. The minimum Gasteiger partial charge on any atom is -0.493 e. The van der Waals surface area contributed by atoms with Crippen LogP contribution < -0.4 is 19.5 Å². The molecule has 0 heterocycles. The molecule has 6 nitrogen and oxygen atoms in total. The number of rotatable bonds is 7. The third kappa shape index (κ3) is 4.85. The summed E-state index contributed by atoms with van der Waals surface area (Å²) < 4.78 is 16.8. The van der Waals surface area contributed by atoms with E-state index >= 15 is 0 Å². The molecule has 0 fully saturated rings. The maximum absolute atomic E-state index is 12.7. The number of benzene rings is 3. The molecule has 146 valence electrons. The molecule has 0 aromatic heterocycles. The van der Waals surface area contributed by atoms with Gasteiger partial charge in [0.1, 0.15) is 6.61 Å². The maximum Gasteiger partial charge on any atom is 0.255 e. The predicted molar refractivity (Wildman–Crippen MR) is 109 cm³/mol. The van der Waals surface area contributed by atoms with Crippen LogP contribution in [0.15, 0.2) is 66.7 Å². The van der Waals surface area contributed by atoms with Gasteiger partial charge in [0, 0.05) is 11.3 Å². The SMILES string of the molecule is COc1cc(C(=O)Nc2cccc(C#N)c2)cc(OC)c1OCc1ccccc1. The van der Waals surface area contributed by atoms with Gasteiger partial charge >= 0.3 is 0 Å². The lowest BCUT2D eigenvalue weighted by molar-refractivity contribution is 0.102. The second-order valence-electron chi connectivity index (χ2n) is 6.13. The third-order valence-corrected chi connectivity index (χ3v) is 4.20. The van der Waals surface area contributed by atoms with E-state index < -0.39 is 0 Å². The summed E-state index contributed by atoms with van der Waals surface area (Å²) in [6.45, 7) is 0.333. The highest BCUT2D eigenvalue weighted by Crippen LogP contribution is 2.39. The molecule has 0 bridgehead atoms. The number of methoxy groups -OCH3 is 2. The van der Waals surface area contributed by atoms with E-state index in [9.17, 15) is 4.79 Å². The molecule has 29 heavy (non-hydrogen) atoms. The van der Waals surface area contributed by atoms with Crippen LogP contribution in [0, 0.1) is 11.3 Å². The van der Waals surface area contributed by atoms with Gasteiger partial charge in [-0.05, 0) is 35.9 Å². The highest BCUT2D eigenvalue weighted by atomic mass is 16.5. The maximum atomic E-state index is 12.7. The van der Waals surface area contributed by atoms with E-state index in [1.54, 1.807) is 36.4 Å². The third-order valence-electron chi connectivity index (χ3n) is 4.20. The fourth-order valence-electron chi connectivity index (χ4n) is 2.75. The second kappa shape index (κ2) is 9.29. The lowest BCUT2D eigenvalue weighted by Crippen LogP contribution is -2.13. The van der Waals surface area contributed by atoms with Gasteiger partial charge in [-0.15, -0.1) is 0 Å². The zero-order valence-electron chi connectivity index (χ0n) is 16.1. The average Bonchev–Trinajstić information content (AvgIpc) is 2.77. The predicted octanol–water partition coefficient (Wildman–Crippen LogP) is 4.41. The molecule has 0 aliphatic rings. The zero-order chi connectivity index (χ0) is 20.6. The topological polar surface area (TPSA) is 80.6 Å². The number of nitrogens with zero attached hydrogens (tertiary/aromatic N) is 1. The molecular formula is C23H20N2O4. The molecule has 0 aliphatic carbocycles. The Morgan fingerprint density at radius 3 is 2.28 bits per heavy atom. The summed E-state index contributed by atoms with van der Waals surface area (Å²) in [4.78, 5) is 12.7. The van der Waals surface area contributed by atoms with Crippen LogP contribution in [-0.2, 0) is 6.61 Å². The van der Waals surface area contributed by atoms with Crippen molar-refractivity contribution in [1.82, 2.24) is 0 Å². The van der Waals surface area contributed by atoms with E-state index in [0.29, 0.717) is 40.7 Å². The summed E-state index contributed by atoms with van der Waals surface area (Å²) in [5, 5.41) is 11.8. The second-order valence-corrected chi connectivity index (χ2v) is 6.13. The summed E-state index contributed by atoms with van der Waals surface area (Å²) in [6.07, 6.45) is 0. The van der Waals surface area contributed by atoms with Crippen LogP contribution in [0.3, 0.4) is 0 Å². The number of carbonyl (C=O) groups excluding carboxylic acids is 1. The minimum atomic E-state index is -0.355. The Kier molecular flexibility index (Phi) is 6.33. The Bertz CT molecular complexity index is 1020. The fraction of sp³-hybridized carbons (Fsp3) is 0.130. The molecule has 6 heteroatoms. The van der Waals surface area contributed by atoms with Crippen LogP contribution in [0.25, 0.3) is 0 Å². The van der Waals surface area contributed by atoms with E-state index in [4.69, 9.17) is 19.5 Å². The van der Waals surface area contributed by atoms with Crippen LogP contribution in [0.5, 0.6) is 17.2 Å². The quantitative estimate of drug-likeness (QED) is 0.649. The molecular weight excluding hydrogens is 368 g/mol. The van der Waals surface area contributed by atoms with Crippen molar-refractivity contribution in [2.24, 2.45) is 0 Å². The summed E-state index contributed by atoms with van der Waals surface area (Å²) >= 11 is 0. The van der Waals surface area contributed by atoms with Crippen molar-refractivity contribution in [2.75, 3.05) is 19.5 Å². The van der Waals surface area contributed by atoms with Crippen molar-refractivity contribution in [3.05, 3.63) is 83.4 Å². The molecule has 3 aromatic carbocycles. The first-order valence-corrected chi connectivity index (χ1v) is 8.89. The number of nitriles is 1. The van der Waals surface area contributed by atoms with Gasteiger partial charge in [-0.3, -0.25) is 4.79 Å². The normalized spacial score (nSPS) is 9.97. The highest BCUT2D eigenvalue weighted by molar-refractivity contribution is 6.05. The van der Waals surface area contributed by atoms with Gasteiger partial charge in [-0.25, -0.2) is 0 Å². The highest BCUT2D eigenvalue weighted by Gasteiger charge is 2.18. The van der Waals surface area contributed by atoms with Crippen LogP contribution in [0.2, 0.25) is 0 Å². The molecule has 0 atom stereocenters. The molecule has 1 amide bonds. The molecule has 3 rings (SSSR count). The first kappa shape index (κ1) is 19.8. The molecule has 0 aliphatic heterocycles. The van der Waals surface area contributed by atoms with Crippen LogP contribution in [0.1, 0.15) is 21.5 Å². The monoisotopic (exact) mass is 388 g/mol. The van der Waals surface area contributed by atoms with Gasteiger partial charge in [-0.2, -0.15) is 5.26 Å². The summed E-state index contributed by atoms with van der Waals surface area (Å²) in [6, 6.07) is 21.6. The minimum absolute atomic E-state index is 0.333. The van der Waals surface area contributed by atoms with Gasteiger partial charge in [-0.1, -0.05) is 36.4 Å². The summed E-state index contributed by atoms with van der Waals surface area (Å²) in [7, 11) is 3.00. The molecule has 0 unspecified atom stereocenters. The Morgan fingerprint density at radius 1 is 0.966 bits per heavy atom. The molecule has 0 spiro atoms. The standard InChI is InChI=1S/C23H20N2O4/c1-27-20-12-18(23(26)25-19-10-6-9-17(11-19)14-24)13-21(28-2)22(20)29-15-16-7-4-3-5-8-16/h3-13H,15H2,1-2H3,(H,25,26). The van der Waals surface area contributed by atoms with E-state index in [1.165, 1.54) is 14.2 Å². The number of hydrogen-bond acceptors (Lipinski definition) is 5. The van der Waals surface area contributed by atoms with Crippen molar-refractivity contribution in [2.45, 2.75) is 6.61 Å². The van der Waals surface area contributed by atoms with Crippen LogP contribution in [0.4, 0.5) is 5.69 Å². The lowest BCUT2D eigenvalue weighted by Gasteiger charge is -2.16. The fourth-order valence-corrected chi connectivity index (χ4v) is 2.75. The molecule has 3 aromatic rings.